The van der Waals surface area contributed by atoms with Gasteiger partial charge in [0.05, 0.1) is 14.2 Å². The van der Waals surface area contributed by atoms with Crippen LogP contribution in [-0.4, -0.2) is 26.8 Å². The summed E-state index contributed by atoms with van der Waals surface area (Å²) < 4.78 is 10.5. The van der Waals surface area contributed by atoms with Crippen molar-refractivity contribution in [2.24, 2.45) is 0 Å². The predicted molar refractivity (Wildman–Crippen MR) is 89.9 cm³/mol. The molecule has 0 aliphatic rings. The molecule has 5 heteroatoms. The Balaban J connectivity index is 1.77. The van der Waals surface area contributed by atoms with E-state index in [1.807, 2.05) is 48.5 Å². The highest BCUT2D eigenvalue weighted by Gasteiger charge is 2.06. The lowest BCUT2D eigenvalue weighted by Gasteiger charge is -2.11. The molecule has 0 heterocycles. The van der Waals surface area contributed by atoms with Gasteiger partial charge in [-0.25, -0.2) is 4.79 Å². The third-order valence-corrected chi connectivity index (χ3v) is 3.47. The zero-order chi connectivity index (χ0) is 16.5. The molecule has 23 heavy (non-hydrogen) atoms. The Morgan fingerprint density at radius 1 is 1.00 bits per heavy atom. The number of rotatable bonds is 7. The van der Waals surface area contributed by atoms with Gasteiger partial charge in [0.2, 0.25) is 0 Å². The van der Waals surface area contributed by atoms with Crippen molar-refractivity contribution < 1.29 is 14.3 Å². The van der Waals surface area contributed by atoms with Gasteiger partial charge in [-0.15, -0.1) is 0 Å². The van der Waals surface area contributed by atoms with E-state index in [9.17, 15) is 4.79 Å². The molecule has 2 amide bonds. The molecule has 0 saturated carbocycles. The van der Waals surface area contributed by atoms with Gasteiger partial charge in [0.25, 0.3) is 0 Å². The smallest absolute Gasteiger partial charge is 0.315 e. The molecule has 0 radical (unpaired) electrons. The highest BCUT2D eigenvalue weighted by molar-refractivity contribution is 5.73. The molecule has 2 rings (SSSR count). The van der Waals surface area contributed by atoms with Crippen molar-refractivity contribution in [2.75, 3.05) is 20.8 Å². The summed E-state index contributed by atoms with van der Waals surface area (Å²) in [4.78, 5) is 11.8. The van der Waals surface area contributed by atoms with Gasteiger partial charge in [0.1, 0.15) is 11.5 Å². The van der Waals surface area contributed by atoms with Gasteiger partial charge in [0, 0.05) is 19.2 Å². The van der Waals surface area contributed by atoms with Crippen LogP contribution in [0.25, 0.3) is 0 Å². The van der Waals surface area contributed by atoms with Crippen LogP contribution in [-0.2, 0) is 13.0 Å². The van der Waals surface area contributed by atoms with Gasteiger partial charge in [-0.05, 0) is 23.6 Å². The lowest BCUT2D eigenvalue weighted by Crippen LogP contribution is -2.36. The van der Waals surface area contributed by atoms with Crippen LogP contribution >= 0.6 is 0 Å². The normalized spacial score (nSPS) is 10.0. The van der Waals surface area contributed by atoms with Crippen LogP contribution < -0.4 is 20.1 Å². The Kier molecular flexibility index (Phi) is 6.29. The molecule has 5 nitrogen and oxygen atoms in total. The van der Waals surface area contributed by atoms with Crippen molar-refractivity contribution in [1.29, 1.82) is 0 Å². The fraction of sp³-hybridized carbons (Fsp3) is 0.278. The molecule has 2 N–H and O–H groups in total. The number of urea groups is 1. The largest absolute Gasteiger partial charge is 0.497 e. The van der Waals surface area contributed by atoms with Crippen LogP contribution in [0.1, 0.15) is 11.1 Å². The minimum Gasteiger partial charge on any atom is -0.497 e. The Labute approximate surface area is 136 Å². The van der Waals surface area contributed by atoms with E-state index in [0.29, 0.717) is 19.5 Å². The molecule has 2 aromatic carbocycles. The minimum absolute atomic E-state index is 0.179. The van der Waals surface area contributed by atoms with Crippen molar-refractivity contribution in [3.63, 3.8) is 0 Å². The highest BCUT2D eigenvalue weighted by Crippen LogP contribution is 2.24. The summed E-state index contributed by atoms with van der Waals surface area (Å²) in [5.74, 6) is 1.51. The van der Waals surface area contributed by atoms with Crippen molar-refractivity contribution in [3.8, 4) is 11.5 Å². The van der Waals surface area contributed by atoms with Gasteiger partial charge in [-0.3, -0.25) is 0 Å². The number of carbonyl (C=O) groups excluding carboxylic acids is 1. The fourth-order valence-corrected chi connectivity index (χ4v) is 2.21. The van der Waals surface area contributed by atoms with Gasteiger partial charge in [-0.2, -0.15) is 0 Å². The van der Waals surface area contributed by atoms with E-state index in [4.69, 9.17) is 9.47 Å². The number of amides is 2. The average Bonchev–Trinajstić information content (AvgIpc) is 2.61. The first kappa shape index (κ1) is 16.7. The molecule has 0 fully saturated rings. The maximum Gasteiger partial charge on any atom is 0.315 e. The third kappa shape index (κ3) is 5.21. The second-order valence-corrected chi connectivity index (χ2v) is 5.02. The Hall–Kier alpha value is -2.69. The predicted octanol–water partition coefficient (Wildman–Crippen LogP) is 2.75. The minimum atomic E-state index is -0.179. The molecular weight excluding hydrogens is 292 g/mol. The van der Waals surface area contributed by atoms with Crippen molar-refractivity contribution in [2.45, 2.75) is 13.0 Å². The van der Waals surface area contributed by atoms with E-state index < -0.39 is 0 Å². The maximum absolute atomic E-state index is 11.8. The van der Waals surface area contributed by atoms with Gasteiger partial charge < -0.3 is 20.1 Å². The summed E-state index contributed by atoms with van der Waals surface area (Å²) in [6, 6.07) is 15.3. The van der Waals surface area contributed by atoms with Gasteiger partial charge >= 0.3 is 6.03 Å². The van der Waals surface area contributed by atoms with Crippen molar-refractivity contribution in [3.05, 3.63) is 59.7 Å². The third-order valence-electron chi connectivity index (χ3n) is 3.47. The van der Waals surface area contributed by atoms with E-state index in [1.165, 1.54) is 0 Å². The van der Waals surface area contributed by atoms with E-state index in [0.717, 1.165) is 22.6 Å². The summed E-state index contributed by atoms with van der Waals surface area (Å²) >= 11 is 0. The fourth-order valence-electron chi connectivity index (χ4n) is 2.21. The van der Waals surface area contributed by atoms with Crippen LogP contribution in [0.3, 0.4) is 0 Å². The quantitative estimate of drug-likeness (QED) is 0.826. The molecule has 0 unspecified atom stereocenters. The topological polar surface area (TPSA) is 59.6 Å². The SMILES string of the molecule is COc1ccc(CCNC(=O)NCc2ccccc2)c(OC)c1. The van der Waals surface area contributed by atoms with E-state index in [-0.39, 0.29) is 6.03 Å². The van der Waals surface area contributed by atoms with Crippen molar-refractivity contribution >= 4 is 6.03 Å². The zero-order valence-electron chi connectivity index (χ0n) is 13.5. The molecule has 0 aliphatic carbocycles. The van der Waals surface area contributed by atoms with Gasteiger partial charge in [-0.1, -0.05) is 36.4 Å². The van der Waals surface area contributed by atoms with Crippen molar-refractivity contribution in [1.82, 2.24) is 10.6 Å². The number of carbonyl (C=O) groups is 1. The molecular formula is C18H22N2O3. The highest BCUT2D eigenvalue weighted by atomic mass is 16.5. The first-order valence-electron chi connectivity index (χ1n) is 7.49. The second kappa shape index (κ2) is 8.68. The molecule has 0 aliphatic heterocycles. The van der Waals surface area contributed by atoms with Crippen LogP contribution in [0.15, 0.2) is 48.5 Å². The lowest BCUT2D eigenvalue weighted by molar-refractivity contribution is 0.240. The van der Waals surface area contributed by atoms with E-state index in [1.54, 1.807) is 14.2 Å². The number of hydrogen-bond acceptors (Lipinski definition) is 3. The number of methoxy groups -OCH3 is 2. The lowest BCUT2D eigenvalue weighted by atomic mass is 10.1. The Morgan fingerprint density at radius 3 is 2.48 bits per heavy atom. The molecule has 2 aromatic rings. The first-order chi connectivity index (χ1) is 11.2. The monoisotopic (exact) mass is 314 g/mol. The number of benzene rings is 2. The van der Waals surface area contributed by atoms with Crippen LogP contribution in [0, 0.1) is 0 Å². The summed E-state index contributed by atoms with van der Waals surface area (Å²) in [5, 5.41) is 5.68. The summed E-state index contributed by atoms with van der Waals surface area (Å²) in [5.41, 5.74) is 2.09. The molecule has 0 saturated heterocycles. The molecule has 0 atom stereocenters. The molecule has 122 valence electrons. The first-order valence-corrected chi connectivity index (χ1v) is 7.49. The standard InChI is InChI=1S/C18H22N2O3/c1-22-16-9-8-15(17(12-16)23-2)10-11-19-18(21)20-13-14-6-4-3-5-7-14/h3-9,12H,10-11,13H2,1-2H3,(H2,19,20,21). The van der Waals surface area contributed by atoms with Crippen LogP contribution in [0.5, 0.6) is 11.5 Å². The summed E-state index contributed by atoms with van der Waals surface area (Å²) in [6.07, 6.45) is 0.686. The number of ether oxygens (including phenoxy) is 2. The van der Waals surface area contributed by atoms with E-state index >= 15 is 0 Å². The average molecular weight is 314 g/mol. The van der Waals surface area contributed by atoms with Crippen LogP contribution in [0.2, 0.25) is 0 Å². The Bertz CT molecular complexity index is 629. The number of hydrogen-bond donors (Lipinski definition) is 2. The Morgan fingerprint density at radius 2 is 1.78 bits per heavy atom. The maximum atomic E-state index is 11.8. The zero-order valence-corrected chi connectivity index (χ0v) is 13.5. The molecule has 0 spiro atoms. The second-order valence-electron chi connectivity index (χ2n) is 5.02. The van der Waals surface area contributed by atoms with Crippen LogP contribution in [0.4, 0.5) is 4.79 Å². The molecule has 0 aromatic heterocycles. The van der Waals surface area contributed by atoms with E-state index in [2.05, 4.69) is 10.6 Å². The summed E-state index contributed by atoms with van der Waals surface area (Å²) in [6.45, 7) is 1.04. The van der Waals surface area contributed by atoms with Gasteiger partial charge in [0.15, 0.2) is 0 Å². The number of nitrogens with one attached hydrogen (secondary N) is 2. The summed E-state index contributed by atoms with van der Waals surface area (Å²) in [7, 11) is 3.24. The molecule has 0 bridgehead atoms.